The number of rotatable bonds is 4. The van der Waals surface area contributed by atoms with Gasteiger partial charge in [-0.3, -0.25) is 9.36 Å². The molecule has 9 nitrogen and oxygen atoms in total. The summed E-state index contributed by atoms with van der Waals surface area (Å²) < 4.78 is 8.27. The summed E-state index contributed by atoms with van der Waals surface area (Å²) in [7, 11) is 1.66. The average Bonchev–Trinajstić information content (AvgIpc) is 3.16. The topological polar surface area (TPSA) is 105 Å². The van der Waals surface area contributed by atoms with Gasteiger partial charge in [-0.25, -0.2) is 9.67 Å². The smallest absolute Gasteiger partial charge is 0.281 e. The van der Waals surface area contributed by atoms with Crippen molar-refractivity contribution in [1.82, 2.24) is 34.7 Å². The zero-order valence-corrected chi connectivity index (χ0v) is 15.6. The number of nitrogens with zero attached hydrogens (tertiary/aromatic N) is 7. The van der Waals surface area contributed by atoms with Gasteiger partial charge in [-0.1, -0.05) is 46.8 Å². The Kier molecular flexibility index (Phi) is 3.35. The molecule has 2 aliphatic carbocycles. The third-order valence-electron chi connectivity index (χ3n) is 5.90. The van der Waals surface area contributed by atoms with Gasteiger partial charge in [0.15, 0.2) is 11.3 Å². The van der Waals surface area contributed by atoms with Crippen molar-refractivity contribution in [3.05, 3.63) is 70.4 Å². The SMILES string of the molecule is Cn1nnc2ncn(Cc3nc([C@@H]4[C@H]5C=C(c6ccccc6)C[C@H]54)no3)c(=O)c21. The lowest BCUT2D eigenvalue weighted by atomic mass is 10.0. The predicted octanol–water partition coefficient (Wildman–Crippen LogP) is 1.77. The summed E-state index contributed by atoms with van der Waals surface area (Å²) >= 11 is 0. The molecule has 0 aliphatic heterocycles. The second kappa shape index (κ2) is 5.94. The summed E-state index contributed by atoms with van der Waals surface area (Å²) in [5.74, 6) is 2.44. The number of aryl methyl sites for hydroxylation is 1. The highest BCUT2D eigenvalue weighted by Crippen LogP contribution is 2.62. The van der Waals surface area contributed by atoms with Crippen molar-refractivity contribution in [2.24, 2.45) is 18.9 Å². The molecule has 3 atom stereocenters. The molecule has 0 unspecified atom stereocenters. The standard InChI is InChI=1S/C20H17N7O2/c1-26-17-19(23-25-26)21-10-27(20(17)28)9-15-22-18(24-29-15)16-13-7-12(8-14(13)16)11-5-3-2-4-6-11/h2-7,10,13-14,16H,8-9H2,1H3/t13-,14+,16+/m0/s1. The van der Waals surface area contributed by atoms with Gasteiger partial charge in [0.2, 0.25) is 11.5 Å². The Morgan fingerprint density at radius 1 is 1.24 bits per heavy atom. The number of hydrogen-bond acceptors (Lipinski definition) is 7. The van der Waals surface area contributed by atoms with Crippen molar-refractivity contribution in [3.63, 3.8) is 0 Å². The largest absolute Gasteiger partial charge is 0.337 e. The molecule has 3 heterocycles. The van der Waals surface area contributed by atoms with E-state index in [1.165, 1.54) is 26.7 Å². The van der Waals surface area contributed by atoms with Crippen molar-refractivity contribution >= 4 is 16.7 Å². The molecular weight excluding hydrogens is 370 g/mol. The maximum absolute atomic E-state index is 12.6. The van der Waals surface area contributed by atoms with Crippen LogP contribution in [0.4, 0.5) is 0 Å². The Bertz CT molecular complexity index is 1320. The normalized spacial score (nSPS) is 22.7. The molecule has 0 amide bonds. The highest BCUT2D eigenvalue weighted by Gasteiger charge is 2.55. The maximum Gasteiger partial charge on any atom is 0.281 e. The molecule has 0 saturated heterocycles. The van der Waals surface area contributed by atoms with Crippen LogP contribution in [-0.4, -0.2) is 34.7 Å². The minimum absolute atomic E-state index is 0.174. The summed E-state index contributed by atoms with van der Waals surface area (Å²) in [6, 6.07) is 10.5. The van der Waals surface area contributed by atoms with Crippen molar-refractivity contribution in [1.29, 1.82) is 0 Å². The van der Waals surface area contributed by atoms with Gasteiger partial charge in [-0.05, 0) is 29.4 Å². The summed E-state index contributed by atoms with van der Waals surface area (Å²) in [5, 5.41) is 11.9. The first-order valence-electron chi connectivity index (χ1n) is 9.52. The monoisotopic (exact) mass is 387 g/mol. The van der Waals surface area contributed by atoms with Crippen LogP contribution in [-0.2, 0) is 13.6 Å². The fourth-order valence-corrected chi connectivity index (χ4v) is 4.38. The Morgan fingerprint density at radius 3 is 2.90 bits per heavy atom. The van der Waals surface area contributed by atoms with Gasteiger partial charge < -0.3 is 4.52 Å². The number of aromatic nitrogens is 7. The first-order valence-corrected chi connectivity index (χ1v) is 9.52. The van der Waals surface area contributed by atoms with Crippen LogP contribution >= 0.6 is 0 Å². The van der Waals surface area contributed by atoms with Crippen molar-refractivity contribution in [2.45, 2.75) is 18.9 Å². The van der Waals surface area contributed by atoms with Crippen LogP contribution in [0.15, 0.2) is 52.1 Å². The first-order chi connectivity index (χ1) is 14.2. The molecule has 3 aromatic heterocycles. The van der Waals surface area contributed by atoms with Gasteiger partial charge in [-0.2, -0.15) is 4.98 Å². The average molecular weight is 387 g/mol. The van der Waals surface area contributed by atoms with E-state index in [0.29, 0.717) is 34.8 Å². The Labute approximate surface area is 164 Å². The first kappa shape index (κ1) is 16.3. The number of fused-ring (bicyclic) bond motifs is 2. The molecule has 1 saturated carbocycles. The summed E-state index contributed by atoms with van der Waals surface area (Å²) in [6.07, 6.45) is 4.82. The zero-order valence-electron chi connectivity index (χ0n) is 15.6. The van der Waals surface area contributed by atoms with Gasteiger partial charge in [0.05, 0.1) is 0 Å². The lowest BCUT2D eigenvalue weighted by Gasteiger charge is -2.04. The van der Waals surface area contributed by atoms with Gasteiger partial charge >= 0.3 is 0 Å². The zero-order chi connectivity index (χ0) is 19.5. The van der Waals surface area contributed by atoms with Crippen LogP contribution in [0, 0.1) is 11.8 Å². The van der Waals surface area contributed by atoms with Crippen LogP contribution < -0.4 is 5.56 Å². The molecule has 0 radical (unpaired) electrons. The van der Waals surface area contributed by atoms with E-state index < -0.39 is 0 Å². The molecule has 29 heavy (non-hydrogen) atoms. The molecular formula is C20H17N7O2. The summed E-state index contributed by atoms with van der Waals surface area (Å²) in [4.78, 5) is 21.3. The lowest BCUT2D eigenvalue weighted by Crippen LogP contribution is -2.22. The van der Waals surface area contributed by atoms with E-state index in [4.69, 9.17) is 4.52 Å². The molecule has 9 heteroatoms. The fourth-order valence-electron chi connectivity index (χ4n) is 4.38. The van der Waals surface area contributed by atoms with E-state index in [-0.39, 0.29) is 12.1 Å². The van der Waals surface area contributed by atoms with E-state index in [2.05, 4.69) is 55.8 Å². The van der Waals surface area contributed by atoms with Crippen LogP contribution in [0.3, 0.4) is 0 Å². The van der Waals surface area contributed by atoms with Crippen molar-refractivity contribution in [3.8, 4) is 0 Å². The Balaban J connectivity index is 1.22. The predicted molar refractivity (Wildman–Crippen MR) is 103 cm³/mol. The number of benzene rings is 1. The lowest BCUT2D eigenvalue weighted by molar-refractivity contribution is 0.364. The molecule has 1 fully saturated rings. The molecule has 0 N–H and O–H groups in total. The van der Waals surface area contributed by atoms with E-state index in [1.54, 1.807) is 7.05 Å². The van der Waals surface area contributed by atoms with Gasteiger partial charge in [-0.15, -0.1) is 5.10 Å². The third-order valence-corrected chi connectivity index (χ3v) is 5.90. The molecule has 144 valence electrons. The minimum Gasteiger partial charge on any atom is -0.337 e. The molecule has 2 aliphatic rings. The summed E-state index contributed by atoms with van der Waals surface area (Å²) in [6.45, 7) is 0.174. The van der Waals surface area contributed by atoms with Crippen LogP contribution in [0.1, 0.15) is 29.6 Å². The van der Waals surface area contributed by atoms with E-state index in [9.17, 15) is 4.79 Å². The fraction of sp³-hybridized carbons (Fsp3) is 0.300. The van der Waals surface area contributed by atoms with Crippen LogP contribution in [0.2, 0.25) is 0 Å². The highest BCUT2D eigenvalue weighted by molar-refractivity contribution is 5.70. The van der Waals surface area contributed by atoms with Crippen LogP contribution in [0.5, 0.6) is 0 Å². The molecule has 0 bridgehead atoms. The third kappa shape index (κ3) is 2.54. The second-order valence-corrected chi connectivity index (χ2v) is 7.64. The van der Waals surface area contributed by atoms with E-state index >= 15 is 0 Å². The van der Waals surface area contributed by atoms with Gasteiger partial charge in [0, 0.05) is 13.0 Å². The van der Waals surface area contributed by atoms with E-state index in [0.717, 1.165) is 12.2 Å². The Hall–Kier alpha value is -3.62. The van der Waals surface area contributed by atoms with Crippen molar-refractivity contribution < 1.29 is 4.52 Å². The van der Waals surface area contributed by atoms with Crippen LogP contribution in [0.25, 0.3) is 16.7 Å². The number of allylic oxidation sites excluding steroid dienone is 2. The van der Waals surface area contributed by atoms with Gasteiger partial charge in [0.25, 0.3) is 5.56 Å². The van der Waals surface area contributed by atoms with E-state index in [1.807, 2.05) is 6.07 Å². The quantitative estimate of drug-likeness (QED) is 0.525. The molecule has 6 rings (SSSR count). The van der Waals surface area contributed by atoms with Crippen molar-refractivity contribution in [2.75, 3.05) is 0 Å². The van der Waals surface area contributed by atoms with Gasteiger partial charge in [0.1, 0.15) is 12.9 Å². The highest BCUT2D eigenvalue weighted by atomic mass is 16.5. The maximum atomic E-state index is 12.6. The Morgan fingerprint density at radius 2 is 2.10 bits per heavy atom. The number of hydrogen-bond donors (Lipinski definition) is 0. The minimum atomic E-state index is -0.235. The molecule has 4 aromatic rings. The second-order valence-electron chi connectivity index (χ2n) is 7.64. The summed E-state index contributed by atoms with van der Waals surface area (Å²) in [5.41, 5.74) is 3.13. The molecule has 1 aromatic carbocycles. The molecule has 0 spiro atoms.